The Hall–Kier alpha value is -1.76. The largest absolute Gasteiger partial charge is 0.496 e. The lowest BCUT2D eigenvalue weighted by Gasteiger charge is -2.15. The summed E-state index contributed by atoms with van der Waals surface area (Å²) in [6.45, 7) is 0.0772. The van der Waals surface area contributed by atoms with E-state index in [1.165, 1.54) is 20.4 Å². The molecule has 0 amide bonds. The molecule has 0 unspecified atom stereocenters. The van der Waals surface area contributed by atoms with E-state index in [1.54, 1.807) is 0 Å². The summed E-state index contributed by atoms with van der Waals surface area (Å²) in [6.07, 6.45) is -1.91. The highest BCUT2D eigenvalue weighted by Crippen LogP contribution is 2.31. The Morgan fingerprint density at radius 3 is 2.61 bits per heavy atom. The number of rotatable bonds is 5. The van der Waals surface area contributed by atoms with Crippen molar-refractivity contribution >= 4 is 5.97 Å². The van der Waals surface area contributed by atoms with Crippen molar-refractivity contribution in [1.29, 1.82) is 0 Å². The second kappa shape index (κ2) is 6.25. The van der Waals surface area contributed by atoms with Crippen LogP contribution in [0.1, 0.15) is 23.2 Å². The van der Waals surface area contributed by atoms with Gasteiger partial charge in [0.05, 0.1) is 20.6 Å². The van der Waals surface area contributed by atoms with Gasteiger partial charge in [0.15, 0.2) is 0 Å². The highest BCUT2D eigenvalue weighted by atomic mass is 19.3. The van der Waals surface area contributed by atoms with Crippen molar-refractivity contribution < 1.29 is 23.0 Å². The lowest BCUT2D eigenvalue weighted by Crippen LogP contribution is -2.13. The second-order valence-corrected chi connectivity index (χ2v) is 3.44. The minimum atomic E-state index is -2.80. The van der Waals surface area contributed by atoms with Crippen LogP contribution in [0, 0.1) is 0 Å². The molecule has 0 bridgehead atoms. The van der Waals surface area contributed by atoms with Gasteiger partial charge in [-0.1, -0.05) is 0 Å². The van der Waals surface area contributed by atoms with Gasteiger partial charge >= 0.3 is 5.97 Å². The fourth-order valence-electron chi connectivity index (χ4n) is 1.57. The number of carbonyl (C=O) groups excluding carboxylic acids is 1. The molecule has 0 atom stereocenters. The molecule has 1 heterocycles. The van der Waals surface area contributed by atoms with E-state index in [2.05, 4.69) is 9.72 Å². The molecular weight excluding hydrogens is 246 g/mol. The molecule has 1 aromatic heterocycles. The summed E-state index contributed by atoms with van der Waals surface area (Å²) < 4.78 is 35.2. The Morgan fingerprint density at radius 1 is 1.50 bits per heavy atom. The number of hydrogen-bond acceptors (Lipinski definition) is 5. The van der Waals surface area contributed by atoms with Crippen molar-refractivity contribution in [2.45, 2.75) is 19.4 Å². The zero-order chi connectivity index (χ0) is 13.7. The zero-order valence-corrected chi connectivity index (χ0v) is 10.1. The van der Waals surface area contributed by atoms with Crippen LogP contribution in [-0.2, 0) is 22.5 Å². The molecule has 7 heteroatoms. The predicted octanol–water partition coefficient (Wildman–Crippen LogP) is 1.20. The SMILES string of the molecule is COC(=O)Cc1c(C(F)F)ncc(CN)c1OC. The van der Waals surface area contributed by atoms with Gasteiger partial charge in [0.2, 0.25) is 0 Å². The lowest BCUT2D eigenvalue weighted by molar-refractivity contribution is -0.139. The summed E-state index contributed by atoms with van der Waals surface area (Å²) in [5.41, 5.74) is 5.44. The third kappa shape index (κ3) is 2.92. The average Bonchev–Trinajstić information content (AvgIpc) is 2.37. The Kier molecular flexibility index (Phi) is 4.96. The van der Waals surface area contributed by atoms with E-state index < -0.39 is 18.1 Å². The van der Waals surface area contributed by atoms with E-state index in [0.29, 0.717) is 5.56 Å². The number of nitrogens with zero attached hydrogens (tertiary/aromatic N) is 1. The van der Waals surface area contributed by atoms with Gasteiger partial charge in [0, 0.05) is 23.9 Å². The number of alkyl halides is 2. The second-order valence-electron chi connectivity index (χ2n) is 3.44. The van der Waals surface area contributed by atoms with E-state index in [0.717, 1.165) is 0 Å². The summed E-state index contributed by atoms with van der Waals surface area (Å²) in [4.78, 5) is 14.9. The molecule has 0 saturated heterocycles. The molecule has 5 nitrogen and oxygen atoms in total. The van der Waals surface area contributed by atoms with Crippen LogP contribution in [0.15, 0.2) is 6.20 Å². The first-order valence-corrected chi connectivity index (χ1v) is 5.14. The molecule has 18 heavy (non-hydrogen) atoms. The van der Waals surface area contributed by atoms with Crippen LogP contribution in [0.4, 0.5) is 8.78 Å². The standard InChI is InChI=1S/C11H14F2N2O3/c1-17-8(16)3-7-9(11(12)13)15-5-6(4-14)10(7)18-2/h5,11H,3-4,14H2,1-2H3. The van der Waals surface area contributed by atoms with Crippen LogP contribution in [0.25, 0.3) is 0 Å². The van der Waals surface area contributed by atoms with Crippen LogP contribution in [-0.4, -0.2) is 25.2 Å². The number of methoxy groups -OCH3 is 2. The number of pyridine rings is 1. The van der Waals surface area contributed by atoms with Crippen molar-refractivity contribution in [3.63, 3.8) is 0 Å². The van der Waals surface area contributed by atoms with Crippen LogP contribution in [0.3, 0.4) is 0 Å². The third-order valence-corrected chi connectivity index (χ3v) is 2.41. The van der Waals surface area contributed by atoms with Gasteiger partial charge in [0.1, 0.15) is 11.4 Å². The molecular formula is C11H14F2N2O3. The van der Waals surface area contributed by atoms with E-state index in [4.69, 9.17) is 10.5 Å². The maximum Gasteiger partial charge on any atom is 0.310 e. The van der Waals surface area contributed by atoms with Crippen LogP contribution < -0.4 is 10.5 Å². The smallest absolute Gasteiger partial charge is 0.310 e. The fraction of sp³-hybridized carbons (Fsp3) is 0.455. The van der Waals surface area contributed by atoms with Crippen molar-refractivity contribution in [1.82, 2.24) is 4.98 Å². The first-order valence-electron chi connectivity index (χ1n) is 5.14. The minimum Gasteiger partial charge on any atom is -0.496 e. The number of carbonyl (C=O) groups is 1. The van der Waals surface area contributed by atoms with E-state index in [-0.39, 0.29) is 24.3 Å². The summed E-state index contributed by atoms with van der Waals surface area (Å²) in [5, 5.41) is 0. The topological polar surface area (TPSA) is 74.4 Å². The number of ether oxygens (including phenoxy) is 2. The first-order chi connectivity index (χ1) is 8.54. The summed E-state index contributed by atoms with van der Waals surface area (Å²) in [7, 11) is 2.50. The third-order valence-electron chi connectivity index (χ3n) is 2.41. The first kappa shape index (κ1) is 14.3. The van der Waals surface area contributed by atoms with Crippen LogP contribution in [0.2, 0.25) is 0 Å². The zero-order valence-electron chi connectivity index (χ0n) is 10.1. The number of esters is 1. The number of halogens is 2. The molecule has 0 radical (unpaired) electrons. The highest BCUT2D eigenvalue weighted by molar-refractivity contribution is 5.74. The Morgan fingerprint density at radius 2 is 2.17 bits per heavy atom. The number of aromatic nitrogens is 1. The molecule has 0 aliphatic heterocycles. The molecule has 1 aromatic rings. The number of hydrogen-bond donors (Lipinski definition) is 1. The van der Waals surface area contributed by atoms with Gasteiger partial charge in [0.25, 0.3) is 6.43 Å². The van der Waals surface area contributed by atoms with Crippen molar-refractivity contribution in [3.8, 4) is 5.75 Å². The van der Waals surface area contributed by atoms with E-state index >= 15 is 0 Å². The normalized spacial score (nSPS) is 10.6. The van der Waals surface area contributed by atoms with Gasteiger partial charge < -0.3 is 15.2 Å². The van der Waals surface area contributed by atoms with Gasteiger partial charge in [-0.25, -0.2) is 8.78 Å². The van der Waals surface area contributed by atoms with Crippen molar-refractivity contribution in [3.05, 3.63) is 23.0 Å². The molecule has 0 saturated carbocycles. The van der Waals surface area contributed by atoms with E-state index in [9.17, 15) is 13.6 Å². The minimum absolute atomic E-state index is 0.0160. The van der Waals surface area contributed by atoms with Crippen molar-refractivity contribution in [2.24, 2.45) is 5.73 Å². The van der Waals surface area contributed by atoms with E-state index in [1.807, 2.05) is 0 Å². The monoisotopic (exact) mass is 260 g/mol. The van der Waals surface area contributed by atoms with Gasteiger partial charge in [-0.05, 0) is 0 Å². The highest BCUT2D eigenvalue weighted by Gasteiger charge is 2.23. The Balaban J connectivity index is 3.33. The Bertz CT molecular complexity index is 439. The summed E-state index contributed by atoms with van der Waals surface area (Å²) in [6, 6.07) is 0. The van der Waals surface area contributed by atoms with Gasteiger partial charge in [-0.3, -0.25) is 9.78 Å². The molecule has 0 aliphatic carbocycles. The summed E-state index contributed by atoms with van der Waals surface area (Å²) in [5.74, 6) is -0.487. The van der Waals surface area contributed by atoms with Crippen molar-refractivity contribution in [2.75, 3.05) is 14.2 Å². The summed E-state index contributed by atoms with van der Waals surface area (Å²) >= 11 is 0. The quantitative estimate of drug-likeness (QED) is 0.805. The molecule has 100 valence electrons. The molecule has 0 aliphatic rings. The lowest BCUT2D eigenvalue weighted by atomic mass is 10.1. The molecule has 1 rings (SSSR count). The van der Waals surface area contributed by atoms with Crippen LogP contribution in [0.5, 0.6) is 5.75 Å². The Labute approximate surface area is 103 Å². The fourth-order valence-corrected chi connectivity index (χ4v) is 1.57. The molecule has 0 aromatic carbocycles. The number of nitrogens with two attached hydrogens (primary N) is 1. The maximum absolute atomic E-state index is 12.8. The van der Waals surface area contributed by atoms with Gasteiger partial charge in [-0.15, -0.1) is 0 Å². The molecule has 0 spiro atoms. The average molecular weight is 260 g/mol. The maximum atomic E-state index is 12.8. The molecule has 0 fully saturated rings. The molecule has 2 N–H and O–H groups in total. The van der Waals surface area contributed by atoms with Gasteiger partial charge in [-0.2, -0.15) is 0 Å². The van der Waals surface area contributed by atoms with Crippen LogP contribution >= 0.6 is 0 Å². The predicted molar refractivity (Wildman–Crippen MR) is 59.4 cm³/mol.